The van der Waals surface area contributed by atoms with Crippen LogP contribution in [0.15, 0.2) is 47.5 Å². The van der Waals surface area contributed by atoms with Gasteiger partial charge in [-0.25, -0.2) is 4.79 Å². The van der Waals surface area contributed by atoms with E-state index in [4.69, 9.17) is 14.6 Å². The van der Waals surface area contributed by atoms with Crippen LogP contribution in [-0.4, -0.2) is 34.2 Å². The largest absolute Gasteiger partial charge is 0.478 e. The van der Waals surface area contributed by atoms with Gasteiger partial charge in [0.15, 0.2) is 0 Å². The summed E-state index contributed by atoms with van der Waals surface area (Å²) in [6.45, 7) is 7.03. The lowest BCUT2D eigenvalue weighted by atomic mass is 9.80. The number of Topliss-reactive ketones (excluding diaryl/α,β-unsaturated/α-hetero) is 1. The molecule has 7 heteroatoms. The molecule has 1 aliphatic heterocycles. The molecule has 0 aromatic heterocycles. The maximum Gasteiger partial charge on any atom is 0.328 e. The van der Waals surface area contributed by atoms with Crippen LogP contribution in [0.1, 0.15) is 40.5 Å². The minimum atomic E-state index is -1.94. The lowest BCUT2D eigenvalue weighted by Crippen LogP contribution is -2.51. The van der Waals surface area contributed by atoms with Crippen molar-refractivity contribution in [2.45, 2.75) is 46.1 Å². The Bertz CT molecular complexity index is 828. The van der Waals surface area contributed by atoms with E-state index < -0.39 is 35.0 Å². The number of carboxylic acid groups (broad SMARTS) is 1. The molecule has 2 aliphatic rings. The van der Waals surface area contributed by atoms with Crippen LogP contribution in [0.25, 0.3) is 0 Å². The van der Waals surface area contributed by atoms with Crippen molar-refractivity contribution in [3.8, 4) is 0 Å². The van der Waals surface area contributed by atoms with E-state index in [2.05, 4.69) is 0 Å². The molecular formula is C21H24O7. The van der Waals surface area contributed by atoms with E-state index in [9.17, 15) is 19.2 Å². The highest BCUT2D eigenvalue weighted by Crippen LogP contribution is 2.34. The fourth-order valence-electron chi connectivity index (χ4n) is 2.92. The molecule has 0 aromatic rings. The molecule has 1 aliphatic carbocycles. The molecule has 0 radical (unpaired) electrons. The zero-order valence-corrected chi connectivity index (χ0v) is 16.4. The van der Waals surface area contributed by atoms with Gasteiger partial charge in [0, 0.05) is 6.08 Å². The number of rotatable bonds is 7. The molecule has 1 N–H and O–H groups in total. The number of fused-ring (bicyclic) bond motifs is 1. The molecule has 2 rings (SSSR count). The predicted octanol–water partition coefficient (Wildman–Crippen LogP) is 2.88. The number of carboxylic acids is 1. The zero-order chi connectivity index (χ0) is 21.1. The minimum absolute atomic E-state index is 0.0944. The van der Waals surface area contributed by atoms with Gasteiger partial charge in [0.1, 0.15) is 12.0 Å². The lowest BCUT2D eigenvalue weighted by Gasteiger charge is -2.32. The maximum atomic E-state index is 12.9. The van der Waals surface area contributed by atoms with Gasteiger partial charge in [0.25, 0.3) is 0 Å². The number of carbonyl (C=O) groups is 4. The summed E-state index contributed by atoms with van der Waals surface area (Å²) in [6, 6.07) is 0. The quantitative estimate of drug-likeness (QED) is 0.406. The first kappa shape index (κ1) is 21.3. The summed E-state index contributed by atoms with van der Waals surface area (Å²) in [6.07, 6.45) is 7.32. The number of hydrogen-bond donors (Lipinski definition) is 1. The smallest absolute Gasteiger partial charge is 0.328 e. The molecule has 0 amide bonds. The second kappa shape index (κ2) is 8.37. The fraction of sp³-hybridized carbons (Fsp3) is 0.429. The van der Waals surface area contributed by atoms with Crippen molar-refractivity contribution in [1.29, 1.82) is 0 Å². The van der Waals surface area contributed by atoms with E-state index in [0.29, 0.717) is 12.3 Å². The highest BCUT2D eigenvalue weighted by atomic mass is 16.6. The van der Waals surface area contributed by atoms with Gasteiger partial charge in [-0.1, -0.05) is 27.2 Å². The molecule has 28 heavy (non-hydrogen) atoms. The molecule has 0 aromatic carbocycles. The lowest BCUT2D eigenvalue weighted by molar-refractivity contribution is -0.172. The number of esters is 1. The molecule has 7 nitrogen and oxygen atoms in total. The van der Waals surface area contributed by atoms with Crippen molar-refractivity contribution in [3.05, 3.63) is 47.5 Å². The average molecular weight is 388 g/mol. The Kier molecular flexibility index (Phi) is 6.38. The zero-order valence-electron chi connectivity index (χ0n) is 16.4. The van der Waals surface area contributed by atoms with Crippen molar-refractivity contribution >= 4 is 23.5 Å². The van der Waals surface area contributed by atoms with Crippen LogP contribution in [0, 0.1) is 11.8 Å². The first-order valence-corrected chi connectivity index (χ1v) is 9.12. The van der Waals surface area contributed by atoms with E-state index in [0.717, 1.165) is 18.8 Å². The van der Waals surface area contributed by atoms with Gasteiger partial charge < -0.3 is 14.6 Å². The van der Waals surface area contributed by atoms with Gasteiger partial charge >= 0.3 is 11.9 Å². The van der Waals surface area contributed by atoms with Crippen LogP contribution in [0.2, 0.25) is 0 Å². The maximum absolute atomic E-state index is 12.9. The number of aliphatic carboxylic acids is 1. The van der Waals surface area contributed by atoms with Crippen molar-refractivity contribution in [1.82, 2.24) is 0 Å². The third kappa shape index (κ3) is 4.47. The van der Waals surface area contributed by atoms with E-state index in [1.165, 1.54) is 25.2 Å². The van der Waals surface area contributed by atoms with Crippen LogP contribution in [0.3, 0.4) is 0 Å². The summed E-state index contributed by atoms with van der Waals surface area (Å²) in [4.78, 5) is 48.5. The van der Waals surface area contributed by atoms with E-state index in [1.54, 1.807) is 6.92 Å². The number of allylic oxidation sites excluding steroid dienone is 3. The number of ether oxygens (including phenoxy) is 2. The van der Waals surface area contributed by atoms with Crippen molar-refractivity contribution < 1.29 is 33.8 Å². The molecule has 0 saturated heterocycles. The summed E-state index contributed by atoms with van der Waals surface area (Å²) >= 11 is 0. The normalized spacial score (nSPS) is 23.8. The monoisotopic (exact) mass is 388 g/mol. The van der Waals surface area contributed by atoms with E-state index >= 15 is 0 Å². The van der Waals surface area contributed by atoms with Gasteiger partial charge in [-0.05, 0) is 43.1 Å². The summed E-state index contributed by atoms with van der Waals surface area (Å²) in [5.74, 6) is -3.03. The summed E-state index contributed by atoms with van der Waals surface area (Å²) in [5.41, 5.74) is -1.56. The first-order chi connectivity index (χ1) is 13.1. The molecule has 0 spiro atoms. The highest BCUT2D eigenvalue weighted by molar-refractivity contribution is 6.26. The van der Waals surface area contributed by atoms with E-state index in [-0.39, 0.29) is 16.9 Å². The summed E-state index contributed by atoms with van der Waals surface area (Å²) < 4.78 is 10.6. The Balaban J connectivity index is 2.23. The van der Waals surface area contributed by atoms with Crippen molar-refractivity contribution in [2.24, 2.45) is 11.8 Å². The number of carbonyl (C=O) groups excluding carboxylic acids is 3. The summed E-state index contributed by atoms with van der Waals surface area (Å²) in [5, 5.41) is 8.67. The Labute approximate surface area is 163 Å². The van der Waals surface area contributed by atoms with E-state index in [1.807, 2.05) is 13.8 Å². The summed E-state index contributed by atoms with van der Waals surface area (Å²) in [7, 11) is 0. The van der Waals surface area contributed by atoms with Crippen molar-refractivity contribution in [3.63, 3.8) is 0 Å². The minimum Gasteiger partial charge on any atom is -0.478 e. The average Bonchev–Trinajstić information content (AvgIpc) is 2.64. The van der Waals surface area contributed by atoms with Gasteiger partial charge in [-0.2, -0.15) is 0 Å². The third-order valence-corrected chi connectivity index (χ3v) is 4.91. The fourth-order valence-corrected chi connectivity index (χ4v) is 2.92. The molecule has 0 fully saturated rings. The molecule has 150 valence electrons. The van der Waals surface area contributed by atoms with Crippen LogP contribution in [0.5, 0.6) is 0 Å². The SMILES string of the molecule is CC[C@H](C)C[C@H](C)C(=O)O[C@]1(C)C(=O)C=C2C=C(/C=C/C(=O)O)OC=C2C1=O. The van der Waals surface area contributed by atoms with Crippen LogP contribution in [-0.2, 0) is 28.7 Å². The Hall–Kier alpha value is -2.96. The highest BCUT2D eigenvalue weighted by Gasteiger charge is 2.49. The van der Waals surface area contributed by atoms with Gasteiger partial charge in [-0.15, -0.1) is 0 Å². The Morgan fingerprint density at radius 2 is 1.96 bits per heavy atom. The van der Waals surface area contributed by atoms with Gasteiger partial charge in [0.05, 0.1) is 11.5 Å². The standard InChI is InChI=1S/C21H24O7/c1-5-12(2)8-13(3)20(26)28-21(4)17(22)10-14-9-15(6-7-18(23)24)27-11-16(14)19(21)25/h6-7,9-13H,5,8H2,1-4H3,(H,23,24)/b7-6+/t12-,13-,21+/m0/s1. The van der Waals surface area contributed by atoms with Crippen LogP contribution < -0.4 is 0 Å². The number of hydrogen-bond acceptors (Lipinski definition) is 6. The Morgan fingerprint density at radius 3 is 2.57 bits per heavy atom. The molecule has 0 unspecified atom stereocenters. The first-order valence-electron chi connectivity index (χ1n) is 9.12. The predicted molar refractivity (Wildman–Crippen MR) is 99.9 cm³/mol. The molecular weight excluding hydrogens is 364 g/mol. The van der Waals surface area contributed by atoms with Crippen LogP contribution in [0.4, 0.5) is 0 Å². The molecule has 3 atom stereocenters. The topological polar surface area (TPSA) is 107 Å². The van der Waals surface area contributed by atoms with Crippen molar-refractivity contribution in [2.75, 3.05) is 0 Å². The number of ketones is 2. The third-order valence-electron chi connectivity index (χ3n) is 4.91. The molecule has 1 heterocycles. The second-order valence-corrected chi connectivity index (χ2v) is 7.27. The molecule has 0 bridgehead atoms. The second-order valence-electron chi connectivity index (χ2n) is 7.27. The van der Waals surface area contributed by atoms with Crippen LogP contribution >= 0.6 is 0 Å². The molecule has 0 saturated carbocycles. The van der Waals surface area contributed by atoms with Gasteiger partial charge in [-0.3, -0.25) is 14.4 Å². The van der Waals surface area contributed by atoms with Gasteiger partial charge in [0.2, 0.25) is 17.2 Å². The Morgan fingerprint density at radius 1 is 1.29 bits per heavy atom.